The van der Waals surface area contributed by atoms with Crippen LogP contribution in [0.25, 0.3) is 11.0 Å². The van der Waals surface area contributed by atoms with E-state index in [1.807, 2.05) is 26.8 Å². The van der Waals surface area contributed by atoms with E-state index in [0.717, 1.165) is 18.5 Å². The zero-order chi connectivity index (χ0) is 21.2. The molecule has 0 saturated carbocycles. The lowest BCUT2D eigenvalue weighted by Crippen LogP contribution is -2.57. The summed E-state index contributed by atoms with van der Waals surface area (Å²) in [7, 11) is 0. The maximum absolute atomic E-state index is 12.9. The van der Waals surface area contributed by atoms with Gasteiger partial charge in [-0.2, -0.15) is 5.26 Å². The van der Waals surface area contributed by atoms with Crippen molar-refractivity contribution in [2.45, 2.75) is 52.2 Å². The molecule has 1 aromatic carbocycles. The number of nitriles is 1. The molecule has 2 aromatic rings. The van der Waals surface area contributed by atoms with E-state index in [0.29, 0.717) is 29.1 Å². The molecular formula is C22H29N5O2. The predicted molar refractivity (Wildman–Crippen MR) is 111 cm³/mol. The van der Waals surface area contributed by atoms with Crippen LogP contribution < -0.4 is 10.6 Å². The number of nitrogens with zero attached hydrogens (tertiary/aromatic N) is 3. The predicted octanol–water partition coefficient (Wildman–Crippen LogP) is 2.24. The van der Waals surface area contributed by atoms with Crippen LogP contribution in [0.1, 0.15) is 51.7 Å². The third-order valence-electron chi connectivity index (χ3n) is 5.63. The van der Waals surface area contributed by atoms with Gasteiger partial charge in [0.2, 0.25) is 5.91 Å². The Morgan fingerprint density at radius 2 is 2.07 bits per heavy atom. The lowest BCUT2D eigenvalue weighted by molar-refractivity contribution is -0.127. The highest BCUT2D eigenvalue weighted by Crippen LogP contribution is 2.35. The number of rotatable bonds is 4. The molecule has 1 aliphatic heterocycles. The van der Waals surface area contributed by atoms with E-state index in [-0.39, 0.29) is 17.7 Å². The number of piperidine rings is 1. The van der Waals surface area contributed by atoms with Crippen LogP contribution in [-0.2, 0) is 10.3 Å². The minimum Gasteiger partial charge on any atom is -0.392 e. The first kappa shape index (κ1) is 21.2. The van der Waals surface area contributed by atoms with Gasteiger partial charge < -0.3 is 15.7 Å². The van der Waals surface area contributed by atoms with Gasteiger partial charge in [0.1, 0.15) is 11.6 Å². The number of fused-ring (bicyclic) bond motifs is 1. The van der Waals surface area contributed by atoms with Gasteiger partial charge in [0, 0.05) is 24.5 Å². The van der Waals surface area contributed by atoms with Gasteiger partial charge in [-0.05, 0) is 30.4 Å². The maximum atomic E-state index is 12.9. The van der Waals surface area contributed by atoms with Gasteiger partial charge in [-0.25, -0.2) is 0 Å². The van der Waals surface area contributed by atoms with Gasteiger partial charge in [-0.1, -0.05) is 33.8 Å². The third kappa shape index (κ3) is 4.39. The van der Waals surface area contributed by atoms with Crippen LogP contribution in [0.3, 0.4) is 0 Å². The lowest BCUT2D eigenvalue weighted by Gasteiger charge is -2.42. The van der Waals surface area contributed by atoms with Crippen LogP contribution in [0.15, 0.2) is 24.5 Å². The zero-order valence-corrected chi connectivity index (χ0v) is 17.5. The normalized spacial score (nSPS) is 23.4. The molecular weight excluding hydrogens is 366 g/mol. The molecule has 1 saturated heterocycles. The molecule has 0 aliphatic carbocycles. The van der Waals surface area contributed by atoms with Crippen molar-refractivity contribution in [1.82, 2.24) is 20.6 Å². The van der Waals surface area contributed by atoms with Crippen molar-refractivity contribution in [1.29, 1.82) is 5.26 Å². The number of carbonyl (C=O) groups is 1. The van der Waals surface area contributed by atoms with Crippen molar-refractivity contribution in [3.05, 3.63) is 35.7 Å². The molecule has 0 spiro atoms. The summed E-state index contributed by atoms with van der Waals surface area (Å²) in [6.07, 6.45) is 3.19. The minimum atomic E-state index is -0.744. The molecule has 1 fully saturated rings. The van der Waals surface area contributed by atoms with Crippen LogP contribution in [0.4, 0.5) is 0 Å². The van der Waals surface area contributed by atoms with Crippen LogP contribution in [0, 0.1) is 22.7 Å². The molecule has 154 valence electrons. The number of aliphatic hydroxyl groups excluding tert-OH is 1. The van der Waals surface area contributed by atoms with E-state index >= 15 is 0 Å². The van der Waals surface area contributed by atoms with Gasteiger partial charge >= 0.3 is 0 Å². The first-order chi connectivity index (χ1) is 13.7. The summed E-state index contributed by atoms with van der Waals surface area (Å²) in [5.41, 5.74) is 1.40. The summed E-state index contributed by atoms with van der Waals surface area (Å²) < 4.78 is 0. The van der Waals surface area contributed by atoms with E-state index in [4.69, 9.17) is 0 Å². The Kier molecular flexibility index (Phi) is 5.87. The smallest absolute Gasteiger partial charge is 0.223 e. The molecule has 3 rings (SSSR count). The number of amides is 1. The topological polar surface area (TPSA) is 111 Å². The molecule has 1 aromatic heterocycles. The number of aromatic nitrogens is 2. The Labute approximate surface area is 171 Å². The monoisotopic (exact) mass is 395 g/mol. The summed E-state index contributed by atoms with van der Waals surface area (Å²) in [5.74, 6) is 0.128. The average molecular weight is 396 g/mol. The number of hydrogen-bond acceptors (Lipinski definition) is 6. The van der Waals surface area contributed by atoms with Crippen molar-refractivity contribution in [2.24, 2.45) is 11.3 Å². The Bertz CT molecular complexity index is 946. The first-order valence-electron chi connectivity index (χ1n) is 10.0. The highest BCUT2D eigenvalue weighted by atomic mass is 16.3. The second-order valence-corrected chi connectivity index (χ2v) is 9.18. The van der Waals surface area contributed by atoms with E-state index in [9.17, 15) is 15.2 Å². The molecule has 0 unspecified atom stereocenters. The van der Waals surface area contributed by atoms with E-state index in [1.165, 1.54) is 0 Å². The summed E-state index contributed by atoms with van der Waals surface area (Å²) in [6, 6.07) is 5.78. The van der Waals surface area contributed by atoms with Crippen molar-refractivity contribution in [2.75, 3.05) is 13.1 Å². The van der Waals surface area contributed by atoms with Crippen LogP contribution in [-0.4, -0.2) is 40.2 Å². The number of nitrogens with one attached hydrogen (secondary N) is 2. The number of hydrogen-bond donors (Lipinski definition) is 3. The number of benzene rings is 1. The largest absolute Gasteiger partial charge is 0.392 e. The number of carbonyl (C=O) groups excluding carboxylic acids is 1. The fourth-order valence-corrected chi connectivity index (χ4v) is 3.97. The van der Waals surface area contributed by atoms with E-state index in [1.54, 1.807) is 18.5 Å². The van der Waals surface area contributed by atoms with Gasteiger partial charge in [-0.3, -0.25) is 14.8 Å². The molecule has 29 heavy (non-hydrogen) atoms. The lowest BCUT2D eigenvalue weighted by atomic mass is 9.77. The van der Waals surface area contributed by atoms with Gasteiger partial charge in [-0.15, -0.1) is 0 Å². The van der Waals surface area contributed by atoms with Crippen molar-refractivity contribution in [3.8, 4) is 6.07 Å². The highest BCUT2D eigenvalue weighted by Gasteiger charge is 2.40. The Morgan fingerprint density at radius 1 is 1.38 bits per heavy atom. The fraction of sp³-hybridized carbons (Fsp3) is 0.545. The van der Waals surface area contributed by atoms with Crippen molar-refractivity contribution >= 4 is 16.9 Å². The third-order valence-corrected chi connectivity index (χ3v) is 5.63. The highest BCUT2D eigenvalue weighted by molar-refractivity contribution is 5.86. The van der Waals surface area contributed by atoms with E-state index in [2.05, 4.69) is 33.6 Å². The van der Waals surface area contributed by atoms with Gasteiger partial charge in [0.25, 0.3) is 0 Å². The van der Waals surface area contributed by atoms with E-state index < -0.39 is 11.6 Å². The maximum Gasteiger partial charge on any atom is 0.223 e. The summed E-state index contributed by atoms with van der Waals surface area (Å²) in [6.45, 7) is 9.28. The van der Waals surface area contributed by atoms with Gasteiger partial charge in [0.15, 0.2) is 0 Å². The fourth-order valence-electron chi connectivity index (χ4n) is 3.97. The van der Waals surface area contributed by atoms with Crippen LogP contribution in [0.5, 0.6) is 0 Å². The second-order valence-electron chi connectivity index (χ2n) is 9.18. The summed E-state index contributed by atoms with van der Waals surface area (Å²) in [5, 5.41) is 26.4. The molecule has 0 bridgehead atoms. The van der Waals surface area contributed by atoms with Gasteiger partial charge in [0.05, 0.1) is 29.1 Å². The SMILES string of the molecule is C[C@@H]1CNC[C@](NC(=O)C[C@@H](O)C(C)(C)C)(c2ccc(C#N)c3nccnc23)C1. The molecule has 0 radical (unpaired) electrons. The summed E-state index contributed by atoms with van der Waals surface area (Å²) >= 11 is 0. The van der Waals surface area contributed by atoms with Crippen LogP contribution >= 0.6 is 0 Å². The number of aliphatic hydroxyl groups is 1. The second kappa shape index (κ2) is 8.05. The Hall–Kier alpha value is -2.56. The average Bonchev–Trinajstić information content (AvgIpc) is 2.66. The van der Waals surface area contributed by atoms with Crippen molar-refractivity contribution in [3.63, 3.8) is 0 Å². The molecule has 1 aliphatic rings. The summed E-state index contributed by atoms with van der Waals surface area (Å²) in [4.78, 5) is 21.8. The van der Waals surface area contributed by atoms with Crippen LogP contribution in [0.2, 0.25) is 0 Å². The molecule has 3 atom stereocenters. The Morgan fingerprint density at radius 3 is 2.69 bits per heavy atom. The Balaban J connectivity index is 2.04. The first-order valence-corrected chi connectivity index (χ1v) is 10.0. The quantitative estimate of drug-likeness (QED) is 0.732. The zero-order valence-electron chi connectivity index (χ0n) is 17.5. The van der Waals surface area contributed by atoms with Crippen molar-refractivity contribution < 1.29 is 9.90 Å². The molecule has 7 heteroatoms. The molecule has 2 heterocycles. The minimum absolute atomic E-state index is 0.0273. The molecule has 3 N–H and O–H groups in total. The molecule has 1 amide bonds. The molecule has 7 nitrogen and oxygen atoms in total. The standard InChI is InChI=1S/C22H29N5O2/c1-14-10-22(13-24-12-14,27-18(29)9-17(28)21(2,3)4)16-6-5-15(11-23)19-20(16)26-8-7-25-19/h5-8,14,17,24,28H,9-10,12-13H2,1-4H3,(H,27,29)/t14-,17+,22-/m0/s1.